The zero-order valence-electron chi connectivity index (χ0n) is 10.0. The van der Waals surface area contributed by atoms with Crippen molar-refractivity contribution in [3.63, 3.8) is 0 Å². The van der Waals surface area contributed by atoms with E-state index in [1.807, 2.05) is 13.8 Å². The summed E-state index contributed by atoms with van der Waals surface area (Å²) in [7, 11) is 0. The van der Waals surface area contributed by atoms with Gasteiger partial charge in [0.1, 0.15) is 5.82 Å². The predicted octanol–water partition coefficient (Wildman–Crippen LogP) is 3.96. The second-order valence-corrected chi connectivity index (χ2v) is 4.49. The number of aromatic nitrogens is 1. The Hall–Kier alpha value is -1.78. The third-order valence-corrected chi connectivity index (χ3v) is 2.83. The van der Waals surface area contributed by atoms with Crippen molar-refractivity contribution in [3.8, 4) is 0 Å². The molecule has 2 nitrogen and oxygen atoms in total. The summed E-state index contributed by atoms with van der Waals surface area (Å²) in [6.45, 7) is 3.85. The number of nitrogens with two attached hydrogens (primary N) is 1. The summed E-state index contributed by atoms with van der Waals surface area (Å²) < 4.78 is 38.5. The SMILES string of the molecule is CC(C)c1cc2cccc(C(F)(F)F)c2nc1N. The van der Waals surface area contributed by atoms with Crippen LogP contribution in [-0.2, 0) is 6.18 Å². The van der Waals surface area contributed by atoms with Crippen LogP contribution in [0.25, 0.3) is 10.9 Å². The standard InChI is InChI=1S/C13H13F3N2/c1-7(2)9-6-8-4-3-5-10(13(14,15)16)11(8)18-12(9)17/h3-7H,1-2H3,(H2,17,18). The highest BCUT2D eigenvalue weighted by molar-refractivity contribution is 5.85. The number of halogens is 3. The van der Waals surface area contributed by atoms with Crippen LogP contribution in [0.5, 0.6) is 0 Å². The van der Waals surface area contributed by atoms with Crippen LogP contribution >= 0.6 is 0 Å². The van der Waals surface area contributed by atoms with Crippen LogP contribution in [0.15, 0.2) is 24.3 Å². The molecule has 0 radical (unpaired) electrons. The fourth-order valence-electron chi connectivity index (χ4n) is 1.92. The second kappa shape index (κ2) is 4.15. The number of hydrogen-bond acceptors (Lipinski definition) is 2. The molecule has 0 fully saturated rings. The zero-order valence-corrected chi connectivity index (χ0v) is 10.0. The lowest BCUT2D eigenvalue weighted by Crippen LogP contribution is -2.08. The number of benzene rings is 1. The van der Waals surface area contributed by atoms with Crippen LogP contribution in [0.4, 0.5) is 19.0 Å². The Bertz CT molecular complexity index is 589. The highest BCUT2D eigenvalue weighted by Gasteiger charge is 2.33. The maximum atomic E-state index is 12.8. The minimum Gasteiger partial charge on any atom is -0.383 e. The first-order chi connectivity index (χ1) is 8.30. The summed E-state index contributed by atoms with van der Waals surface area (Å²) in [4.78, 5) is 3.92. The zero-order chi connectivity index (χ0) is 13.5. The summed E-state index contributed by atoms with van der Waals surface area (Å²) in [6.07, 6.45) is -4.42. The quantitative estimate of drug-likeness (QED) is 0.836. The molecule has 0 aliphatic carbocycles. The topological polar surface area (TPSA) is 38.9 Å². The molecule has 0 atom stereocenters. The normalized spacial score (nSPS) is 12.3. The van der Waals surface area contributed by atoms with Gasteiger partial charge in [0, 0.05) is 5.39 Å². The molecule has 0 amide bonds. The van der Waals surface area contributed by atoms with Crippen LogP contribution in [-0.4, -0.2) is 4.98 Å². The van der Waals surface area contributed by atoms with E-state index in [1.165, 1.54) is 6.07 Å². The fraction of sp³-hybridized carbons (Fsp3) is 0.308. The van der Waals surface area contributed by atoms with E-state index in [-0.39, 0.29) is 17.3 Å². The molecule has 2 N–H and O–H groups in total. The first kappa shape index (κ1) is 12.7. The van der Waals surface area contributed by atoms with Crippen molar-refractivity contribution in [1.82, 2.24) is 4.98 Å². The van der Waals surface area contributed by atoms with Crippen molar-refractivity contribution < 1.29 is 13.2 Å². The summed E-state index contributed by atoms with van der Waals surface area (Å²) in [6, 6.07) is 5.69. The van der Waals surface area contributed by atoms with Crippen molar-refractivity contribution in [3.05, 3.63) is 35.4 Å². The van der Waals surface area contributed by atoms with Crippen LogP contribution in [0.2, 0.25) is 0 Å². The molecule has 96 valence electrons. The summed E-state index contributed by atoms with van der Waals surface area (Å²) in [5.74, 6) is 0.283. The number of nitrogen functional groups attached to an aromatic ring is 1. The molecule has 0 aliphatic heterocycles. The number of hydrogen-bond donors (Lipinski definition) is 1. The molecule has 0 aliphatic rings. The average Bonchev–Trinajstić information content (AvgIpc) is 2.25. The Morgan fingerprint density at radius 2 is 1.89 bits per heavy atom. The molecule has 1 aromatic heterocycles. The molecule has 0 unspecified atom stereocenters. The fourth-order valence-corrected chi connectivity index (χ4v) is 1.92. The van der Waals surface area contributed by atoms with E-state index in [0.717, 1.165) is 11.6 Å². The van der Waals surface area contributed by atoms with Crippen molar-refractivity contribution >= 4 is 16.7 Å². The number of para-hydroxylation sites is 1. The Kier molecular flexibility index (Phi) is 2.92. The minimum atomic E-state index is -4.42. The molecule has 0 bridgehead atoms. The van der Waals surface area contributed by atoms with Gasteiger partial charge in [-0.3, -0.25) is 0 Å². The smallest absolute Gasteiger partial charge is 0.383 e. The summed E-state index contributed by atoms with van der Waals surface area (Å²) >= 11 is 0. The molecule has 0 saturated heterocycles. The van der Waals surface area contributed by atoms with Gasteiger partial charge < -0.3 is 5.73 Å². The lowest BCUT2D eigenvalue weighted by molar-refractivity contribution is -0.136. The second-order valence-electron chi connectivity index (χ2n) is 4.49. The van der Waals surface area contributed by atoms with Gasteiger partial charge in [0.2, 0.25) is 0 Å². The van der Waals surface area contributed by atoms with Gasteiger partial charge in [-0.25, -0.2) is 4.98 Å². The first-order valence-corrected chi connectivity index (χ1v) is 5.57. The Morgan fingerprint density at radius 1 is 1.22 bits per heavy atom. The number of pyridine rings is 1. The van der Waals surface area contributed by atoms with E-state index in [0.29, 0.717) is 5.39 Å². The van der Waals surface area contributed by atoms with Gasteiger partial charge in [-0.2, -0.15) is 13.2 Å². The first-order valence-electron chi connectivity index (χ1n) is 5.57. The molecule has 18 heavy (non-hydrogen) atoms. The van der Waals surface area contributed by atoms with Crippen LogP contribution in [0.1, 0.15) is 30.9 Å². The number of anilines is 1. The van der Waals surface area contributed by atoms with Crippen LogP contribution < -0.4 is 5.73 Å². The molecule has 0 spiro atoms. The molecular weight excluding hydrogens is 241 g/mol. The van der Waals surface area contributed by atoms with Crippen LogP contribution in [0, 0.1) is 0 Å². The minimum absolute atomic E-state index is 0.0908. The van der Waals surface area contributed by atoms with E-state index in [1.54, 1.807) is 12.1 Å². The molecule has 0 saturated carbocycles. The monoisotopic (exact) mass is 254 g/mol. The summed E-state index contributed by atoms with van der Waals surface area (Å²) in [5, 5.41) is 0.461. The van der Waals surface area contributed by atoms with Gasteiger partial charge in [-0.05, 0) is 23.6 Å². The van der Waals surface area contributed by atoms with Crippen molar-refractivity contribution in [2.45, 2.75) is 25.9 Å². The molecule has 1 heterocycles. The van der Waals surface area contributed by atoms with Crippen molar-refractivity contribution in [1.29, 1.82) is 0 Å². The summed E-state index contributed by atoms with van der Waals surface area (Å²) in [5.41, 5.74) is 5.65. The van der Waals surface area contributed by atoms with Crippen molar-refractivity contribution in [2.24, 2.45) is 0 Å². The third kappa shape index (κ3) is 2.12. The van der Waals surface area contributed by atoms with Gasteiger partial charge in [0.25, 0.3) is 0 Å². The van der Waals surface area contributed by atoms with Crippen LogP contribution in [0.3, 0.4) is 0 Å². The molecule has 2 aromatic rings. The number of alkyl halides is 3. The molecule has 1 aromatic carbocycles. The van der Waals surface area contributed by atoms with E-state index in [2.05, 4.69) is 4.98 Å². The lowest BCUT2D eigenvalue weighted by atomic mass is 10.0. The van der Waals surface area contributed by atoms with Gasteiger partial charge in [0.05, 0.1) is 11.1 Å². The largest absolute Gasteiger partial charge is 0.418 e. The Balaban J connectivity index is 2.77. The van der Waals surface area contributed by atoms with E-state index < -0.39 is 11.7 Å². The number of fused-ring (bicyclic) bond motifs is 1. The van der Waals surface area contributed by atoms with E-state index in [9.17, 15) is 13.2 Å². The number of rotatable bonds is 1. The van der Waals surface area contributed by atoms with Crippen molar-refractivity contribution in [2.75, 3.05) is 5.73 Å². The molecule has 5 heteroatoms. The molecule has 2 rings (SSSR count). The number of nitrogens with zero attached hydrogens (tertiary/aromatic N) is 1. The average molecular weight is 254 g/mol. The Morgan fingerprint density at radius 3 is 2.44 bits per heavy atom. The maximum Gasteiger partial charge on any atom is 0.418 e. The van der Waals surface area contributed by atoms with E-state index >= 15 is 0 Å². The predicted molar refractivity (Wildman–Crippen MR) is 65.2 cm³/mol. The lowest BCUT2D eigenvalue weighted by Gasteiger charge is -2.13. The van der Waals surface area contributed by atoms with Gasteiger partial charge in [-0.15, -0.1) is 0 Å². The molecular formula is C13H13F3N2. The van der Waals surface area contributed by atoms with Gasteiger partial charge >= 0.3 is 6.18 Å². The Labute approximate surface area is 103 Å². The highest BCUT2D eigenvalue weighted by atomic mass is 19.4. The third-order valence-electron chi connectivity index (χ3n) is 2.83. The van der Waals surface area contributed by atoms with Gasteiger partial charge in [0.15, 0.2) is 0 Å². The maximum absolute atomic E-state index is 12.8. The van der Waals surface area contributed by atoms with Gasteiger partial charge in [-0.1, -0.05) is 26.0 Å². The van der Waals surface area contributed by atoms with E-state index in [4.69, 9.17) is 5.73 Å². The highest BCUT2D eigenvalue weighted by Crippen LogP contribution is 2.35.